The van der Waals surface area contributed by atoms with Crippen molar-refractivity contribution in [2.75, 3.05) is 32.8 Å². The van der Waals surface area contributed by atoms with E-state index in [-0.39, 0.29) is 5.41 Å². The van der Waals surface area contributed by atoms with Crippen LogP contribution in [0.25, 0.3) is 0 Å². The molecule has 2 aromatic carbocycles. The molecule has 4 heteroatoms. The molecule has 2 aliphatic heterocycles. The Balaban J connectivity index is 1.42. The van der Waals surface area contributed by atoms with Crippen molar-refractivity contribution in [3.05, 3.63) is 70.7 Å². The number of rotatable bonds is 5. The van der Waals surface area contributed by atoms with Gasteiger partial charge in [0.15, 0.2) is 0 Å². The summed E-state index contributed by atoms with van der Waals surface area (Å²) in [5.74, 6) is 0.532. The lowest BCUT2D eigenvalue weighted by molar-refractivity contribution is 0.0160. The maximum absolute atomic E-state index is 10.2. The lowest BCUT2D eigenvalue weighted by Gasteiger charge is -2.42. The molecule has 0 amide bonds. The molecule has 138 valence electrons. The minimum Gasteiger partial charge on any atom is -0.396 e. The summed E-state index contributed by atoms with van der Waals surface area (Å²) in [6.07, 6.45) is 1.07. The highest BCUT2D eigenvalue weighted by molar-refractivity contribution is 6.30. The molecular formula is C22H27ClN2O. The van der Waals surface area contributed by atoms with Crippen molar-refractivity contribution in [3.8, 4) is 0 Å². The second-order valence-electron chi connectivity index (χ2n) is 7.99. The Hall–Kier alpha value is -1.39. The zero-order valence-corrected chi connectivity index (χ0v) is 15.9. The fourth-order valence-corrected chi connectivity index (χ4v) is 4.93. The van der Waals surface area contributed by atoms with Crippen molar-refractivity contribution in [2.24, 2.45) is 11.3 Å². The molecule has 2 atom stereocenters. The molecule has 2 heterocycles. The molecule has 0 aromatic heterocycles. The van der Waals surface area contributed by atoms with Crippen molar-refractivity contribution >= 4 is 11.6 Å². The molecule has 1 N–H and O–H groups in total. The molecule has 0 spiro atoms. The molecule has 2 aromatic rings. The SMILES string of the molecule is OC[C@@]12CCN(Cc3cccc(Cl)c3)C[C@@H]1CN(Cc1ccccc1)C2. The molecular weight excluding hydrogens is 344 g/mol. The molecule has 0 radical (unpaired) electrons. The first-order valence-corrected chi connectivity index (χ1v) is 9.89. The summed E-state index contributed by atoms with van der Waals surface area (Å²) in [6, 6.07) is 18.8. The van der Waals surface area contributed by atoms with E-state index in [0.29, 0.717) is 12.5 Å². The summed E-state index contributed by atoms with van der Waals surface area (Å²) >= 11 is 6.13. The molecule has 0 aliphatic carbocycles. The summed E-state index contributed by atoms with van der Waals surface area (Å²) in [5.41, 5.74) is 2.70. The van der Waals surface area contributed by atoms with Crippen LogP contribution in [0.4, 0.5) is 0 Å². The standard InChI is InChI=1S/C22H27ClN2O/c23-21-8-4-7-19(11-21)13-24-10-9-22(17-26)16-25(15-20(22)14-24)12-18-5-2-1-3-6-18/h1-8,11,20,26H,9-10,12-17H2/t20-,22+/m1/s1. The van der Waals surface area contributed by atoms with E-state index in [4.69, 9.17) is 11.6 Å². The van der Waals surface area contributed by atoms with Gasteiger partial charge >= 0.3 is 0 Å². The van der Waals surface area contributed by atoms with E-state index >= 15 is 0 Å². The zero-order valence-electron chi connectivity index (χ0n) is 15.1. The van der Waals surface area contributed by atoms with E-state index in [1.54, 1.807) is 0 Å². The third-order valence-electron chi connectivity index (χ3n) is 6.15. The fraction of sp³-hybridized carbons (Fsp3) is 0.455. The van der Waals surface area contributed by atoms with Crippen LogP contribution < -0.4 is 0 Å². The van der Waals surface area contributed by atoms with Gasteiger partial charge < -0.3 is 5.11 Å². The number of benzene rings is 2. The highest BCUT2D eigenvalue weighted by Crippen LogP contribution is 2.43. The van der Waals surface area contributed by atoms with E-state index in [1.165, 1.54) is 11.1 Å². The van der Waals surface area contributed by atoms with Crippen LogP contribution in [0.3, 0.4) is 0 Å². The van der Waals surface area contributed by atoms with Crippen molar-refractivity contribution in [3.63, 3.8) is 0 Å². The fourth-order valence-electron chi connectivity index (χ4n) is 4.72. The van der Waals surface area contributed by atoms with Crippen LogP contribution >= 0.6 is 11.6 Å². The Bertz CT molecular complexity index is 738. The van der Waals surface area contributed by atoms with E-state index < -0.39 is 0 Å². The van der Waals surface area contributed by atoms with Crippen LogP contribution in [0.2, 0.25) is 5.02 Å². The molecule has 3 nitrogen and oxygen atoms in total. The molecule has 4 rings (SSSR count). The largest absolute Gasteiger partial charge is 0.396 e. The maximum atomic E-state index is 10.2. The minimum absolute atomic E-state index is 0.0691. The van der Waals surface area contributed by atoms with Crippen molar-refractivity contribution < 1.29 is 5.11 Å². The van der Waals surface area contributed by atoms with E-state index in [9.17, 15) is 5.11 Å². The number of piperidine rings is 1. The number of likely N-dealkylation sites (tertiary alicyclic amines) is 2. The van der Waals surface area contributed by atoms with Gasteiger partial charge in [0.25, 0.3) is 0 Å². The first kappa shape index (κ1) is 18.0. The second kappa shape index (κ2) is 7.69. The summed E-state index contributed by atoms with van der Waals surface area (Å²) < 4.78 is 0. The Morgan fingerprint density at radius 2 is 1.69 bits per heavy atom. The highest BCUT2D eigenvalue weighted by atomic mass is 35.5. The number of fused-ring (bicyclic) bond motifs is 1. The van der Waals surface area contributed by atoms with E-state index in [1.807, 2.05) is 12.1 Å². The number of hydrogen-bond acceptors (Lipinski definition) is 3. The Labute approximate surface area is 161 Å². The minimum atomic E-state index is 0.0691. The first-order chi connectivity index (χ1) is 12.7. The molecule has 0 unspecified atom stereocenters. The van der Waals surface area contributed by atoms with Gasteiger partial charge in [0.2, 0.25) is 0 Å². The van der Waals surface area contributed by atoms with E-state index in [0.717, 1.165) is 50.7 Å². The molecule has 0 bridgehead atoms. The summed E-state index contributed by atoms with van der Waals surface area (Å²) in [6.45, 7) is 6.40. The molecule has 0 saturated carbocycles. The number of aliphatic hydroxyl groups excluding tert-OH is 1. The van der Waals surface area contributed by atoms with Gasteiger partial charge in [-0.15, -0.1) is 0 Å². The van der Waals surface area contributed by atoms with Gasteiger partial charge in [-0.25, -0.2) is 0 Å². The Morgan fingerprint density at radius 3 is 2.46 bits per heavy atom. The van der Waals surface area contributed by atoms with Gasteiger partial charge in [-0.3, -0.25) is 9.80 Å². The Kier molecular flexibility index (Phi) is 5.32. The third kappa shape index (κ3) is 3.81. The molecule has 2 saturated heterocycles. The average molecular weight is 371 g/mol. The normalized spacial score (nSPS) is 26.8. The molecule has 2 aliphatic rings. The van der Waals surface area contributed by atoms with Gasteiger partial charge in [-0.1, -0.05) is 54.1 Å². The van der Waals surface area contributed by atoms with Crippen LogP contribution in [-0.4, -0.2) is 47.7 Å². The third-order valence-corrected chi connectivity index (χ3v) is 6.38. The summed E-state index contributed by atoms with van der Waals surface area (Å²) in [4.78, 5) is 5.05. The number of halogens is 1. The molecule has 2 fully saturated rings. The Morgan fingerprint density at radius 1 is 0.962 bits per heavy atom. The van der Waals surface area contributed by atoms with Crippen molar-refractivity contribution in [1.29, 1.82) is 0 Å². The predicted octanol–water partition coefficient (Wildman–Crippen LogP) is 3.66. The average Bonchev–Trinajstić information content (AvgIpc) is 3.00. The van der Waals surface area contributed by atoms with Crippen LogP contribution in [-0.2, 0) is 13.1 Å². The molecule has 26 heavy (non-hydrogen) atoms. The number of aliphatic hydroxyl groups is 1. The lowest BCUT2D eigenvalue weighted by Crippen LogP contribution is -2.48. The quantitative estimate of drug-likeness (QED) is 0.870. The summed E-state index contributed by atoms with van der Waals surface area (Å²) in [7, 11) is 0. The lowest BCUT2D eigenvalue weighted by atomic mass is 9.73. The van der Waals surface area contributed by atoms with Crippen LogP contribution in [0.5, 0.6) is 0 Å². The van der Waals surface area contributed by atoms with Gasteiger partial charge in [0.05, 0.1) is 6.61 Å². The maximum Gasteiger partial charge on any atom is 0.0503 e. The number of hydrogen-bond donors (Lipinski definition) is 1. The topological polar surface area (TPSA) is 26.7 Å². The van der Waals surface area contributed by atoms with Gasteiger partial charge in [0, 0.05) is 43.2 Å². The van der Waals surface area contributed by atoms with Gasteiger partial charge in [-0.2, -0.15) is 0 Å². The van der Waals surface area contributed by atoms with Crippen LogP contribution in [0.15, 0.2) is 54.6 Å². The predicted molar refractivity (Wildman–Crippen MR) is 106 cm³/mol. The zero-order chi connectivity index (χ0) is 18.0. The van der Waals surface area contributed by atoms with Crippen LogP contribution in [0, 0.1) is 11.3 Å². The number of nitrogens with zero attached hydrogens (tertiary/aromatic N) is 2. The monoisotopic (exact) mass is 370 g/mol. The smallest absolute Gasteiger partial charge is 0.0503 e. The highest BCUT2D eigenvalue weighted by Gasteiger charge is 2.48. The second-order valence-corrected chi connectivity index (χ2v) is 8.42. The van der Waals surface area contributed by atoms with Crippen molar-refractivity contribution in [2.45, 2.75) is 19.5 Å². The first-order valence-electron chi connectivity index (χ1n) is 9.51. The van der Waals surface area contributed by atoms with Crippen LogP contribution in [0.1, 0.15) is 17.5 Å². The van der Waals surface area contributed by atoms with Gasteiger partial charge in [-0.05, 0) is 42.1 Å². The van der Waals surface area contributed by atoms with Gasteiger partial charge in [0.1, 0.15) is 0 Å². The van der Waals surface area contributed by atoms with E-state index in [2.05, 4.69) is 52.3 Å². The van der Waals surface area contributed by atoms with Crippen molar-refractivity contribution in [1.82, 2.24) is 9.80 Å². The summed E-state index contributed by atoms with van der Waals surface area (Å²) in [5, 5.41) is 11.0.